The van der Waals surface area contributed by atoms with Gasteiger partial charge in [-0.3, -0.25) is 19.1 Å². The van der Waals surface area contributed by atoms with Gasteiger partial charge in [-0.1, -0.05) is 29.5 Å². The summed E-state index contributed by atoms with van der Waals surface area (Å²) in [5.41, 5.74) is 2.45. The molecule has 0 unspecified atom stereocenters. The fraction of sp³-hybridized carbons (Fsp3) is 0.300. The van der Waals surface area contributed by atoms with Gasteiger partial charge in [0, 0.05) is 44.3 Å². The van der Waals surface area contributed by atoms with E-state index in [-0.39, 0.29) is 17.6 Å². The molecule has 154 valence electrons. The molecule has 3 aromatic rings. The summed E-state index contributed by atoms with van der Waals surface area (Å²) < 4.78 is 1.87. The van der Waals surface area contributed by atoms with Crippen molar-refractivity contribution < 1.29 is 9.59 Å². The van der Waals surface area contributed by atoms with Crippen LogP contribution in [0.4, 0.5) is 0 Å². The zero-order valence-corrected chi connectivity index (χ0v) is 17.3. The molecule has 0 aliphatic carbocycles. The van der Waals surface area contributed by atoms with E-state index in [1.54, 1.807) is 16.1 Å². The summed E-state index contributed by atoms with van der Waals surface area (Å²) in [5, 5.41) is 8.79. The molecular weight excluding hydrogens is 402 g/mol. The number of carbonyl (C=O) groups excluding carboxylic acids is 2. The van der Waals surface area contributed by atoms with Crippen molar-refractivity contribution in [1.29, 1.82) is 0 Å². The van der Waals surface area contributed by atoms with Gasteiger partial charge in [-0.25, -0.2) is 4.98 Å². The highest BCUT2D eigenvalue weighted by Crippen LogP contribution is 2.20. The highest BCUT2D eigenvalue weighted by atomic mass is 32.2. The quantitative estimate of drug-likeness (QED) is 0.573. The van der Waals surface area contributed by atoms with Gasteiger partial charge in [0.1, 0.15) is 12.0 Å². The average molecular weight is 424 g/mol. The van der Waals surface area contributed by atoms with Crippen LogP contribution in [0.15, 0.2) is 54.3 Å². The number of amides is 2. The van der Waals surface area contributed by atoms with Crippen molar-refractivity contribution in [1.82, 2.24) is 34.5 Å². The summed E-state index contributed by atoms with van der Waals surface area (Å²) in [7, 11) is 0. The molecule has 4 rings (SSSR count). The number of aromatic nitrogens is 5. The summed E-state index contributed by atoms with van der Waals surface area (Å²) in [5.74, 6) is 0.128. The van der Waals surface area contributed by atoms with E-state index < -0.39 is 0 Å². The predicted octanol–water partition coefficient (Wildman–Crippen LogP) is 1.44. The van der Waals surface area contributed by atoms with Crippen molar-refractivity contribution in [2.75, 3.05) is 31.9 Å². The number of piperazine rings is 1. The summed E-state index contributed by atoms with van der Waals surface area (Å²) >= 11 is 1.36. The first kappa shape index (κ1) is 20.0. The SMILES string of the molecule is Cc1ccc(-n2cnnc2SCC(=O)N2CCN(C(=O)c3cnccn3)CC2)cc1. The Morgan fingerprint density at radius 3 is 2.47 bits per heavy atom. The molecule has 2 amide bonds. The number of carbonyl (C=O) groups is 2. The Morgan fingerprint density at radius 1 is 1.03 bits per heavy atom. The van der Waals surface area contributed by atoms with Crippen LogP contribution in [0.5, 0.6) is 0 Å². The van der Waals surface area contributed by atoms with Gasteiger partial charge in [-0.05, 0) is 19.1 Å². The fourth-order valence-electron chi connectivity index (χ4n) is 3.15. The lowest BCUT2D eigenvalue weighted by Crippen LogP contribution is -2.51. The van der Waals surface area contributed by atoms with Crippen molar-refractivity contribution in [3.8, 4) is 5.69 Å². The number of hydrogen-bond acceptors (Lipinski definition) is 7. The van der Waals surface area contributed by atoms with Crippen LogP contribution in [0, 0.1) is 6.92 Å². The molecular formula is C20H21N7O2S. The van der Waals surface area contributed by atoms with Gasteiger partial charge in [0.2, 0.25) is 5.91 Å². The highest BCUT2D eigenvalue weighted by Gasteiger charge is 2.25. The Kier molecular flexibility index (Phi) is 6.03. The summed E-state index contributed by atoms with van der Waals surface area (Å²) in [6.45, 7) is 3.98. The fourth-order valence-corrected chi connectivity index (χ4v) is 3.99. The number of rotatable bonds is 5. The third-order valence-corrected chi connectivity index (χ3v) is 5.78. The van der Waals surface area contributed by atoms with Crippen LogP contribution in [-0.4, -0.2) is 78.3 Å². The second-order valence-corrected chi connectivity index (χ2v) is 7.81. The molecule has 1 aromatic carbocycles. The first-order valence-electron chi connectivity index (χ1n) is 9.55. The third kappa shape index (κ3) is 4.48. The molecule has 9 nitrogen and oxygen atoms in total. The number of aryl methyl sites for hydroxylation is 1. The molecule has 0 bridgehead atoms. The molecule has 0 N–H and O–H groups in total. The predicted molar refractivity (Wildman–Crippen MR) is 111 cm³/mol. The zero-order chi connectivity index (χ0) is 20.9. The Labute approximate surface area is 178 Å². The minimum absolute atomic E-state index is 0.0186. The van der Waals surface area contributed by atoms with Crippen LogP contribution < -0.4 is 0 Å². The molecule has 0 atom stereocenters. The summed E-state index contributed by atoms with van der Waals surface area (Å²) in [4.78, 5) is 36.6. The van der Waals surface area contributed by atoms with Gasteiger partial charge in [0.05, 0.1) is 11.9 Å². The maximum absolute atomic E-state index is 12.7. The van der Waals surface area contributed by atoms with Crippen LogP contribution in [0.1, 0.15) is 16.1 Å². The monoisotopic (exact) mass is 423 g/mol. The van der Waals surface area contributed by atoms with E-state index in [4.69, 9.17) is 0 Å². The van der Waals surface area contributed by atoms with Crippen molar-refractivity contribution >= 4 is 23.6 Å². The number of nitrogens with zero attached hydrogens (tertiary/aromatic N) is 7. The van der Waals surface area contributed by atoms with Gasteiger partial charge in [-0.2, -0.15) is 0 Å². The lowest BCUT2D eigenvalue weighted by Gasteiger charge is -2.34. The topological polar surface area (TPSA) is 97.1 Å². The van der Waals surface area contributed by atoms with Gasteiger partial charge >= 0.3 is 0 Å². The Balaban J connectivity index is 1.30. The minimum atomic E-state index is -0.157. The number of benzene rings is 1. The van der Waals surface area contributed by atoms with Crippen molar-refractivity contribution in [2.45, 2.75) is 12.1 Å². The molecule has 1 fully saturated rings. The van der Waals surface area contributed by atoms with Gasteiger partial charge in [0.25, 0.3) is 5.91 Å². The molecule has 1 aliphatic rings. The van der Waals surface area contributed by atoms with Crippen LogP contribution in [0.3, 0.4) is 0 Å². The zero-order valence-electron chi connectivity index (χ0n) is 16.5. The molecule has 0 radical (unpaired) electrons. The molecule has 1 saturated heterocycles. The maximum atomic E-state index is 12.7. The third-order valence-electron chi connectivity index (χ3n) is 4.86. The number of hydrogen-bond donors (Lipinski definition) is 0. The maximum Gasteiger partial charge on any atom is 0.274 e. The Hall–Kier alpha value is -3.27. The van der Waals surface area contributed by atoms with E-state index in [9.17, 15) is 9.59 Å². The standard InChI is InChI=1S/C20H21N7O2S/c1-15-2-4-16(5-3-15)27-14-23-24-20(27)30-13-18(28)25-8-10-26(11-9-25)19(29)17-12-21-6-7-22-17/h2-7,12,14H,8-11,13H2,1H3. The lowest BCUT2D eigenvalue weighted by atomic mass is 10.2. The van der Waals surface area contributed by atoms with E-state index >= 15 is 0 Å². The van der Waals surface area contributed by atoms with E-state index in [2.05, 4.69) is 20.2 Å². The lowest BCUT2D eigenvalue weighted by molar-refractivity contribution is -0.129. The van der Waals surface area contributed by atoms with Gasteiger partial charge < -0.3 is 9.80 Å². The average Bonchev–Trinajstić information content (AvgIpc) is 3.27. The van der Waals surface area contributed by atoms with Crippen LogP contribution in [0.2, 0.25) is 0 Å². The first-order valence-corrected chi connectivity index (χ1v) is 10.5. The molecule has 3 heterocycles. The molecule has 0 saturated carbocycles. The first-order chi connectivity index (χ1) is 14.6. The van der Waals surface area contributed by atoms with Crippen LogP contribution in [-0.2, 0) is 4.79 Å². The number of thioether (sulfide) groups is 1. The second kappa shape index (κ2) is 9.04. The minimum Gasteiger partial charge on any atom is -0.338 e. The van der Waals surface area contributed by atoms with Crippen molar-refractivity contribution in [3.63, 3.8) is 0 Å². The van der Waals surface area contributed by atoms with E-state index in [1.807, 2.05) is 35.8 Å². The Bertz CT molecular complexity index is 1020. The highest BCUT2D eigenvalue weighted by molar-refractivity contribution is 7.99. The molecule has 2 aromatic heterocycles. The second-order valence-electron chi connectivity index (χ2n) is 6.87. The smallest absolute Gasteiger partial charge is 0.274 e. The van der Waals surface area contributed by atoms with Crippen molar-refractivity contribution in [3.05, 3.63) is 60.4 Å². The Morgan fingerprint density at radius 2 is 1.77 bits per heavy atom. The van der Waals surface area contributed by atoms with Gasteiger partial charge in [-0.15, -0.1) is 10.2 Å². The van der Waals surface area contributed by atoms with Gasteiger partial charge in [0.15, 0.2) is 5.16 Å². The largest absolute Gasteiger partial charge is 0.338 e. The van der Waals surface area contributed by atoms with E-state index in [0.29, 0.717) is 37.0 Å². The molecule has 30 heavy (non-hydrogen) atoms. The molecule has 0 spiro atoms. The van der Waals surface area contributed by atoms with Crippen LogP contribution >= 0.6 is 11.8 Å². The van der Waals surface area contributed by atoms with E-state index in [0.717, 1.165) is 5.69 Å². The summed E-state index contributed by atoms with van der Waals surface area (Å²) in [6.07, 6.45) is 6.14. The normalized spacial score (nSPS) is 14.0. The molecule has 10 heteroatoms. The summed E-state index contributed by atoms with van der Waals surface area (Å²) in [6, 6.07) is 8.04. The van der Waals surface area contributed by atoms with E-state index in [1.165, 1.54) is 35.9 Å². The van der Waals surface area contributed by atoms with Crippen LogP contribution in [0.25, 0.3) is 5.69 Å². The van der Waals surface area contributed by atoms with Crippen molar-refractivity contribution in [2.24, 2.45) is 0 Å². The molecule has 1 aliphatic heterocycles.